The zero-order valence-corrected chi connectivity index (χ0v) is 7.52. The van der Waals surface area contributed by atoms with E-state index in [2.05, 4.69) is 6.92 Å². The first-order valence-electron chi connectivity index (χ1n) is 3.38. The van der Waals surface area contributed by atoms with Gasteiger partial charge >= 0.3 is 5.97 Å². The van der Waals surface area contributed by atoms with Crippen molar-refractivity contribution in [3.8, 4) is 0 Å². The quantitative estimate of drug-likeness (QED) is 0.711. The zero-order chi connectivity index (χ0) is 9.14. The Balaban J connectivity index is 3.17. The average molecular weight is 181 g/mol. The van der Waals surface area contributed by atoms with E-state index in [9.17, 15) is 4.79 Å². The van der Waals surface area contributed by atoms with Gasteiger partial charge in [-0.3, -0.25) is 0 Å². The Morgan fingerprint density at radius 3 is 2.75 bits per heavy atom. The summed E-state index contributed by atoms with van der Waals surface area (Å²) in [6.07, 6.45) is 1.91. The van der Waals surface area contributed by atoms with E-state index < -0.39 is 5.97 Å². The first-order chi connectivity index (χ1) is 5.65. The third kappa shape index (κ3) is 1.80. The van der Waals surface area contributed by atoms with E-state index in [0.717, 1.165) is 4.90 Å². The van der Waals surface area contributed by atoms with Gasteiger partial charge in [0.2, 0.25) is 0 Å². The number of carboxylic acid groups (broad SMARTS) is 1. The van der Waals surface area contributed by atoms with Gasteiger partial charge in [0.15, 0.2) is 0 Å². The van der Waals surface area contributed by atoms with E-state index in [4.69, 9.17) is 5.11 Å². The van der Waals surface area contributed by atoms with Crippen LogP contribution in [0.2, 0.25) is 0 Å². The van der Waals surface area contributed by atoms with Crippen molar-refractivity contribution >= 4 is 17.7 Å². The maximum absolute atomic E-state index is 10.6. The van der Waals surface area contributed by atoms with Crippen molar-refractivity contribution in [1.29, 1.82) is 0 Å². The maximum Gasteiger partial charge on any atom is 0.336 e. The normalized spacial score (nSPS) is 9.83. The predicted octanol–water partition coefficient (Wildman–Crippen LogP) is 2.29. The van der Waals surface area contributed by atoms with Crippen LogP contribution in [-0.4, -0.2) is 17.3 Å². The molecule has 12 heavy (non-hydrogen) atoms. The van der Waals surface area contributed by atoms with Gasteiger partial charge in [-0.2, -0.15) is 0 Å². The van der Waals surface area contributed by atoms with Crippen molar-refractivity contribution in [1.82, 2.24) is 0 Å². The molecule has 1 aromatic rings. The smallest absolute Gasteiger partial charge is 0.336 e. The molecule has 1 aromatic carbocycles. The zero-order valence-electron chi connectivity index (χ0n) is 6.70. The molecular formula is C9H9O2S. The molecule has 0 saturated heterocycles. The predicted molar refractivity (Wildman–Crippen MR) is 49.6 cm³/mol. The molecule has 1 radical (unpaired) electrons. The van der Waals surface area contributed by atoms with E-state index >= 15 is 0 Å². The summed E-state index contributed by atoms with van der Waals surface area (Å²) < 4.78 is 0. The molecule has 1 N–H and O–H groups in total. The first kappa shape index (κ1) is 9.13. The summed E-state index contributed by atoms with van der Waals surface area (Å²) in [4.78, 5) is 11.6. The molecule has 0 spiro atoms. The fourth-order valence-corrected chi connectivity index (χ4v) is 1.32. The monoisotopic (exact) mass is 181 g/mol. The van der Waals surface area contributed by atoms with E-state index in [-0.39, 0.29) is 5.56 Å². The molecule has 0 bridgehead atoms. The van der Waals surface area contributed by atoms with E-state index in [0.29, 0.717) is 5.56 Å². The lowest BCUT2D eigenvalue weighted by Crippen LogP contribution is -1.99. The second-order valence-corrected chi connectivity index (χ2v) is 3.21. The van der Waals surface area contributed by atoms with Crippen molar-refractivity contribution in [2.45, 2.75) is 4.90 Å². The molecule has 0 unspecified atom stereocenters. The SMILES string of the molecule is [CH2]c1ccc(SC)cc1C(=O)O. The summed E-state index contributed by atoms with van der Waals surface area (Å²) in [5.41, 5.74) is 0.835. The Kier molecular flexibility index (Phi) is 2.76. The molecule has 0 atom stereocenters. The molecule has 1 rings (SSSR count). The van der Waals surface area contributed by atoms with Crippen LogP contribution < -0.4 is 0 Å². The highest BCUT2D eigenvalue weighted by Crippen LogP contribution is 2.18. The number of aromatic carboxylic acids is 1. The number of hydrogen-bond acceptors (Lipinski definition) is 2. The standard InChI is InChI=1S/C9H9O2S/c1-6-3-4-7(12-2)5-8(6)9(10)11/h3-5H,1H2,2H3,(H,10,11). The second-order valence-electron chi connectivity index (χ2n) is 2.33. The fraction of sp³-hybridized carbons (Fsp3) is 0.111. The molecule has 3 heteroatoms. The van der Waals surface area contributed by atoms with Crippen LogP contribution in [0.3, 0.4) is 0 Å². The van der Waals surface area contributed by atoms with E-state index in [1.54, 1.807) is 12.1 Å². The highest BCUT2D eigenvalue weighted by atomic mass is 32.2. The number of hydrogen-bond donors (Lipinski definition) is 1. The minimum atomic E-state index is -0.920. The Labute approximate surface area is 75.6 Å². The van der Waals surface area contributed by atoms with Crippen molar-refractivity contribution in [3.63, 3.8) is 0 Å². The molecule has 0 aliphatic rings. The molecule has 63 valence electrons. The summed E-state index contributed by atoms with van der Waals surface area (Å²) in [6.45, 7) is 3.63. The summed E-state index contributed by atoms with van der Waals surface area (Å²) in [5.74, 6) is -0.920. The summed E-state index contributed by atoms with van der Waals surface area (Å²) in [6, 6.07) is 5.21. The second kappa shape index (κ2) is 3.63. The highest BCUT2D eigenvalue weighted by Gasteiger charge is 2.06. The molecule has 0 aliphatic carbocycles. The van der Waals surface area contributed by atoms with Crippen LogP contribution >= 0.6 is 11.8 Å². The number of carboxylic acids is 1. The minimum Gasteiger partial charge on any atom is -0.478 e. The van der Waals surface area contributed by atoms with Gasteiger partial charge < -0.3 is 5.11 Å². The number of rotatable bonds is 2. The largest absolute Gasteiger partial charge is 0.478 e. The summed E-state index contributed by atoms with van der Waals surface area (Å²) in [5, 5.41) is 8.74. The van der Waals surface area contributed by atoms with E-state index in [1.165, 1.54) is 11.8 Å². The van der Waals surface area contributed by atoms with Crippen LogP contribution in [0.5, 0.6) is 0 Å². The molecule has 0 fully saturated rings. The van der Waals surface area contributed by atoms with Crippen LogP contribution in [0, 0.1) is 6.92 Å². The lowest BCUT2D eigenvalue weighted by molar-refractivity contribution is 0.0696. The van der Waals surface area contributed by atoms with Crippen molar-refractivity contribution < 1.29 is 9.90 Å². The summed E-state index contributed by atoms with van der Waals surface area (Å²) in [7, 11) is 0. The third-order valence-electron chi connectivity index (χ3n) is 1.55. The topological polar surface area (TPSA) is 37.3 Å². The lowest BCUT2D eigenvalue weighted by Gasteiger charge is -2.01. The number of thioether (sulfide) groups is 1. The van der Waals surface area contributed by atoms with Crippen molar-refractivity contribution in [3.05, 3.63) is 36.2 Å². The maximum atomic E-state index is 10.6. The molecule has 0 heterocycles. The molecule has 0 saturated carbocycles. The lowest BCUT2D eigenvalue weighted by atomic mass is 10.1. The highest BCUT2D eigenvalue weighted by molar-refractivity contribution is 7.98. The minimum absolute atomic E-state index is 0.279. The Bertz CT molecular complexity index is 307. The number of benzene rings is 1. The molecule has 0 aromatic heterocycles. The van der Waals surface area contributed by atoms with Crippen molar-refractivity contribution in [2.75, 3.05) is 6.26 Å². The molecular weight excluding hydrogens is 172 g/mol. The van der Waals surface area contributed by atoms with Crippen LogP contribution in [0.15, 0.2) is 23.1 Å². The van der Waals surface area contributed by atoms with Crippen molar-refractivity contribution in [2.24, 2.45) is 0 Å². The van der Waals surface area contributed by atoms with Gasteiger partial charge in [-0.15, -0.1) is 11.8 Å². The molecule has 0 aliphatic heterocycles. The molecule has 0 amide bonds. The average Bonchev–Trinajstić information content (AvgIpc) is 2.05. The van der Waals surface area contributed by atoms with Gasteiger partial charge in [0.05, 0.1) is 5.56 Å². The van der Waals surface area contributed by atoms with Gasteiger partial charge in [-0.05, 0) is 30.9 Å². The Hall–Kier alpha value is -0.960. The van der Waals surface area contributed by atoms with Crippen LogP contribution in [0.1, 0.15) is 15.9 Å². The van der Waals surface area contributed by atoms with Crippen LogP contribution in [-0.2, 0) is 0 Å². The van der Waals surface area contributed by atoms with Crippen LogP contribution in [0.25, 0.3) is 0 Å². The van der Waals surface area contributed by atoms with Gasteiger partial charge in [-0.1, -0.05) is 6.07 Å². The van der Waals surface area contributed by atoms with Gasteiger partial charge in [0.1, 0.15) is 0 Å². The molecule has 2 nitrogen and oxygen atoms in total. The fourth-order valence-electron chi connectivity index (χ4n) is 0.882. The van der Waals surface area contributed by atoms with E-state index in [1.807, 2.05) is 12.3 Å². The Morgan fingerprint density at radius 2 is 2.25 bits per heavy atom. The number of carbonyl (C=O) groups is 1. The Morgan fingerprint density at radius 1 is 1.58 bits per heavy atom. The first-order valence-corrected chi connectivity index (χ1v) is 4.61. The van der Waals surface area contributed by atoms with Gasteiger partial charge in [-0.25, -0.2) is 4.79 Å². The third-order valence-corrected chi connectivity index (χ3v) is 2.27. The summed E-state index contributed by atoms with van der Waals surface area (Å²) >= 11 is 1.52. The van der Waals surface area contributed by atoms with Gasteiger partial charge in [0, 0.05) is 4.90 Å². The van der Waals surface area contributed by atoms with Crippen LogP contribution in [0.4, 0.5) is 0 Å². The van der Waals surface area contributed by atoms with Gasteiger partial charge in [0.25, 0.3) is 0 Å².